The van der Waals surface area contributed by atoms with Crippen LogP contribution in [0.5, 0.6) is 0 Å². The van der Waals surface area contributed by atoms with Crippen molar-refractivity contribution >= 4 is 24.5 Å². The topological polar surface area (TPSA) is 64.1 Å². The van der Waals surface area contributed by atoms with Gasteiger partial charge in [-0.2, -0.15) is 0 Å². The Labute approximate surface area is 173 Å². The summed E-state index contributed by atoms with van der Waals surface area (Å²) in [7, 11) is -0.390. The van der Waals surface area contributed by atoms with Crippen molar-refractivity contribution in [2.45, 2.75) is 65.3 Å². The quantitative estimate of drug-likeness (QED) is 0.710. The maximum Gasteiger partial charge on any atom is 0.496 e. The summed E-state index contributed by atoms with van der Waals surface area (Å²) < 4.78 is 17.6. The molecule has 3 aliphatic rings. The number of hydrogen-bond donors (Lipinski definition) is 0. The van der Waals surface area contributed by atoms with E-state index in [0.717, 1.165) is 37.5 Å². The number of carbonyl (C=O) groups excluding carboxylic acids is 1. The van der Waals surface area contributed by atoms with E-state index < -0.39 is 12.7 Å². The molecule has 0 radical (unpaired) electrons. The fourth-order valence-corrected chi connectivity index (χ4v) is 4.05. The third-order valence-corrected chi connectivity index (χ3v) is 6.38. The first-order chi connectivity index (χ1) is 13.3. The zero-order valence-corrected chi connectivity index (χ0v) is 18.6. The zero-order chi connectivity index (χ0) is 21.2. The van der Waals surface area contributed by atoms with Gasteiger partial charge in [-0.15, -0.1) is 0 Å². The van der Waals surface area contributed by atoms with Crippen molar-refractivity contribution in [2.75, 3.05) is 31.1 Å². The summed E-state index contributed by atoms with van der Waals surface area (Å²) in [5.41, 5.74) is -0.0472. The number of nitrogens with zero attached hydrogens (tertiary/aromatic N) is 3. The van der Waals surface area contributed by atoms with Crippen LogP contribution in [0.25, 0.3) is 0 Å². The van der Waals surface area contributed by atoms with E-state index >= 15 is 0 Å². The number of ether oxygens (including phenoxy) is 1. The first-order valence-corrected chi connectivity index (χ1v) is 10.3. The number of amides is 1. The van der Waals surface area contributed by atoms with Crippen LogP contribution in [0.3, 0.4) is 0 Å². The van der Waals surface area contributed by atoms with Crippen molar-refractivity contribution in [3.05, 3.63) is 18.3 Å². The van der Waals surface area contributed by atoms with Gasteiger partial charge in [0, 0.05) is 43.3 Å². The molecule has 3 aliphatic heterocycles. The van der Waals surface area contributed by atoms with E-state index in [1.165, 1.54) is 0 Å². The van der Waals surface area contributed by atoms with Crippen LogP contribution in [0.1, 0.15) is 48.5 Å². The third kappa shape index (κ3) is 3.72. The second-order valence-corrected chi connectivity index (χ2v) is 10.7. The Bertz CT molecular complexity index is 773. The highest BCUT2D eigenvalue weighted by Gasteiger charge is 2.55. The summed E-state index contributed by atoms with van der Waals surface area (Å²) in [5.74, 6) is 0.951. The van der Waals surface area contributed by atoms with Crippen molar-refractivity contribution in [1.29, 1.82) is 0 Å². The van der Waals surface area contributed by atoms with Crippen LogP contribution < -0.4 is 10.4 Å². The molecule has 1 aromatic heterocycles. The average molecular weight is 401 g/mol. The summed E-state index contributed by atoms with van der Waals surface area (Å²) in [6.07, 6.45) is 1.63. The van der Waals surface area contributed by atoms with E-state index in [2.05, 4.69) is 9.88 Å². The molecule has 0 bridgehead atoms. The number of rotatable bonds is 2. The second kappa shape index (κ2) is 6.35. The van der Waals surface area contributed by atoms with Gasteiger partial charge < -0.3 is 23.8 Å². The van der Waals surface area contributed by atoms with Gasteiger partial charge in [-0.3, -0.25) is 0 Å². The second-order valence-electron chi connectivity index (χ2n) is 10.7. The molecule has 29 heavy (non-hydrogen) atoms. The zero-order valence-electron chi connectivity index (χ0n) is 18.6. The van der Waals surface area contributed by atoms with Gasteiger partial charge in [0.2, 0.25) is 0 Å². The molecule has 4 rings (SSSR count). The predicted molar refractivity (Wildman–Crippen MR) is 112 cm³/mol. The van der Waals surface area contributed by atoms with Crippen LogP contribution in [0.2, 0.25) is 0 Å². The highest BCUT2D eigenvalue weighted by Crippen LogP contribution is 2.42. The van der Waals surface area contributed by atoms with Crippen LogP contribution >= 0.6 is 0 Å². The van der Waals surface area contributed by atoms with Crippen LogP contribution in [0.15, 0.2) is 18.3 Å². The fourth-order valence-electron chi connectivity index (χ4n) is 4.05. The molecular weight excluding hydrogens is 369 g/mol. The van der Waals surface area contributed by atoms with E-state index in [0.29, 0.717) is 0 Å². The van der Waals surface area contributed by atoms with Crippen molar-refractivity contribution in [3.63, 3.8) is 0 Å². The Morgan fingerprint density at radius 2 is 1.66 bits per heavy atom. The highest BCUT2D eigenvalue weighted by molar-refractivity contribution is 6.62. The van der Waals surface area contributed by atoms with E-state index in [1.807, 2.05) is 66.8 Å². The number of anilines is 1. The monoisotopic (exact) mass is 401 g/mol. The minimum atomic E-state index is -0.450. The maximum absolute atomic E-state index is 12.1. The predicted octanol–water partition coefficient (Wildman–Crippen LogP) is 2.44. The molecule has 0 N–H and O–H groups in total. The Kier molecular flexibility index (Phi) is 4.48. The van der Waals surface area contributed by atoms with Gasteiger partial charge in [0.1, 0.15) is 11.4 Å². The normalized spacial score (nSPS) is 24.3. The van der Waals surface area contributed by atoms with E-state index in [4.69, 9.17) is 14.0 Å². The number of aromatic nitrogens is 1. The van der Waals surface area contributed by atoms with Crippen molar-refractivity contribution in [2.24, 2.45) is 5.41 Å². The standard InChI is InChI=1S/C21H32BN3O4/c1-18(2,3)27-17(26)25-13-21(14-25)11-24(12-21)16-9-8-15(10-23-16)22-28-19(4,5)20(6,7)29-22/h8-10H,11-14H2,1-7H3. The van der Waals surface area contributed by atoms with Crippen LogP contribution in [-0.2, 0) is 14.0 Å². The van der Waals surface area contributed by atoms with E-state index in [9.17, 15) is 4.79 Å². The van der Waals surface area contributed by atoms with Gasteiger partial charge >= 0.3 is 13.2 Å². The van der Waals surface area contributed by atoms with Gasteiger partial charge in [0.05, 0.1) is 11.2 Å². The molecule has 0 atom stereocenters. The van der Waals surface area contributed by atoms with Crippen LogP contribution in [-0.4, -0.2) is 66.1 Å². The summed E-state index contributed by atoms with van der Waals surface area (Å²) in [4.78, 5) is 20.8. The molecule has 0 aromatic carbocycles. The van der Waals surface area contributed by atoms with Gasteiger partial charge in [-0.1, -0.05) is 6.07 Å². The number of pyridine rings is 1. The minimum absolute atomic E-state index is 0.184. The fraction of sp³-hybridized carbons (Fsp3) is 0.714. The molecule has 0 aliphatic carbocycles. The number of carbonyl (C=O) groups is 1. The van der Waals surface area contributed by atoms with E-state index in [1.54, 1.807) is 4.90 Å². The van der Waals surface area contributed by atoms with Gasteiger partial charge in [0.25, 0.3) is 0 Å². The summed E-state index contributed by atoms with van der Waals surface area (Å²) in [6.45, 7) is 17.2. The summed E-state index contributed by atoms with van der Waals surface area (Å²) in [5, 5.41) is 0. The molecule has 0 unspecified atom stereocenters. The molecule has 1 spiro atoms. The lowest BCUT2D eigenvalue weighted by Crippen LogP contribution is -2.73. The molecule has 158 valence electrons. The van der Waals surface area contributed by atoms with Crippen LogP contribution in [0, 0.1) is 5.41 Å². The molecule has 0 saturated carbocycles. The first-order valence-electron chi connectivity index (χ1n) is 10.3. The van der Waals surface area contributed by atoms with E-state index in [-0.39, 0.29) is 22.7 Å². The minimum Gasteiger partial charge on any atom is -0.444 e. The number of hydrogen-bond acceptors (Lipinski definition) is 6. The Balaban J connectivity index is 1.30. The van der Waals surface area contributed by atoms with Gasteiger partial charge in [-0.25, -0.2) is 9.78 Å². The van der Waals surface area contributed by atoms with Crippen molar-refractivity contribution < 1.29 is 18.8 Å². The summed E-state index contributed by atoms with van der Waals surface area (Å²) >= 11 is 0. The lowest BCUT2D eigenvalue weighted by Gasteiger charge is -2.60. The van der Waals surface area contributed by atoms with Crippen molar-refractivity contribution in [1.82, 2.24) is 9.88 Å². The molecule has 8 heteroatoms. The summed E-state index contributed by atoms with van der Waals surface area (Å²) in [6, 6.07) is 4.06. The maximum atomic E-state index is 12.1. The third-order valence-electron chi connectivity index (χ3n) is 6.38. The van der Waals surface area contributed by atoms with Gasteiger partial charge in [-0.05, 0) is 54.5 Å². The molecule has 4 heterocycles. The van der Waals surface area contributed by atoms with Crippen LogP contribution in [0.4, 0.5) is 10.6 Å². The molecule has 3 fully saturated rings. The molecule has 1 amide bonds. The highest BCUT2D eigenvalue weighted by atomic mass is 16.7. The average Bonchev–Trinajstić information content (AvgIpc) is 2.71. The molecule has 1 aromatic rings. The molecular formula is C21H32BN3O4. The molecule has 7 nitrogen and oxygen atoms in total. The smallest absolute Gasteiger partial charge is 0.444 e. The Morgan fingerprint density at radius 1 is 1.07 bits per heavy atom. The molecule has 3 saturated heterocycles. The Morgan fingerprint density at radius 3 is 2.14 bits per heavy atom. The first kappa shape index (κ1) is 20.5. The number of likely N-dealkylation sites (tertiary alicyclic amines) is 1. The van der Waals surface area contributed by atoms with Gasteiger partial charge in [0.15, 0.2) is 0 Å². The SMILES string of the molecule is CC(C)(C)OC(=O)N1CC2(C1)CN(c1ccc(B3OC(C)(C)C(C)(C)O3)cn1)C2. The lowest BCUT2D eigenvalue weighted by atomic mass is 9.73. The Hall–Kier alpha value is -1.80. The van der Waals surface area contributed by atoms with Crippen molar-refractivity contribution in [3.8, 4) is 0 Å². The largest absolute Gasteiger partial charge is 0.496 e. The lowest BCUT2D eigenvalue weighted by molar-refractivity contribution is -0.0454.